The summed E-state index contributed by atoms with van der Waals surface area (Å²) < 4.78 is 12.6. The van der Waals surface area contributed by atoms with Crippen molar-refractivity contribution in [3.63, 3.8) is 0 Å². The fraction of sp³-hybridized carbons (Fsp3) is 0.944. The van der Waals surface area contributed by atoms with Crippen LogP contribution in [0, 0.1) is 45.3 Å². The Hall–Kier alpha value is -0.620. The van der Waals surface area contributed by atoms with Crippen molar-refractivity contribution >= 4 is 0 Å². The lowest BCUT2D eigenvalue weighted by Gasteiger charge is -2.71. The van der Waals surface area contributed by atoms with E-state index in [4.69, 9.17) is 9.47 Å². The van der Waals surface area contributed by atoms with Gasteiger partial charge < -0.3 is 45.2 Å². The van der Waals surface area contributed by atoms with Gasteiger partial charge in [0.2, 0.25) is 0 Å². The van der Waals surface area contributed by atoms with E-state index in [0.717, 1.165) is 19.3 Å². The van der Waals surface area contributed by atoms with Gasteiger partial charge in [0.1, 0.15) is 24.4 Å². The third kappa shape index (κ3) is 5.39. The zero-order valence-corrected chi connectivity index (χ0v) is 28.8. The summed E-state index contributed by atoms with van der Waals surface area (Å²) in [6.07, 6.45) is -0.678. The van der Waals surface area contributed by atoms with E-state index in [1.807, 2.05) is 20.8 Å². The summed E-state index contributed by atoms with van der Waals surface area (Å²) in [5, 5.41) is 76.9. The van der Waals surface area contributed by atoms with Crippen LogP contribution in [0.1, 0.15) is 107 Å². The summed E-state index contributed by atoms with van der Waals surface area (Å²) in [7, 11) is 0. The Labute approximate surface area is 270 Å². The SMILES string of the molecule is CC(C)=CCC[C@](C)(O[C@H]1O[C@@H](CO)[C@H](O)[C@@H](O)[C@@H]1O)C1CC[C@]2(C)C1C(O)CC1[C@@]3(C)CCC(O)C(C)(C)C3C(O)C[C@]12C. The van der Waals surface area contributed by atoms with Crippen LogP contribution in [0.25, 0.3) is 0 Å². The predicted octanol–water partition coefficient (Wildman–Crippen LogP) is 3.30. The lowest BCUT2D eigenvalue weighted by molar-refractivity contribution is -0.336. The molecule has 0 aromatic heterocycles. The van der Waals surface area contributed by atoms with E-state index in [2.05, 4.69) is 40.7 Å². The summed E-state index contributed by atoms with van der Waals surface area (Å²) in [5.74, 6) is -0.154. The molecule has 7 N–H and O–H groups in total. The molecule has 4 saturated carbocycles. The highest BCUT2D eigenvalue weighted by Gasteiger charge is 2.73. The van der Waals surface area contributed by atoms with Gasteiger partial charge in [-0.1, -0.05) is 46.3 Å². The first-order valence-electron chi connectivity index (χ1n) is 17.4. The van der Waals surface area contributed by atoms with E-state index in [0.29, 0.717) is 32.1 Å². The maximum atomic E-state index is 12.2. The maximum Gasteiger partial charge on any atom is 0.187 e. The normalized spacial score (nSPS) is 52.2. The second-order valence-corrected chi connectivity index (χ2v) is 17.4. The minimum atomic E-state index is -1.53. The Morgan fingerprint density at radius 1 is 0.889 bits per heavy atom. The molecule has 0 spiro atoms. The van der Waals surface area contributed by atoms with E-state index in [1.165, 1.54) is 5.57 Å². The van der Waals surface area contributed by atoms with Crippen molar-refractivity contribution < 1.29 is 45.2 Å². The van der Waals surface area contributed by atoms with Crippen LogP contribution < -0.4 is 0 Å². The van der Waals surface area contributed by atoms with Gasteiger partial charge in [-0.3, -0.25) is 0 Å². The maximum absolute atomic E-state index is 12.2. The van der Waals surface area contributed by atoms with E-state index < -0.39 is 66.6 Å². The summed E-state index contributed by atoms with van der Waals surface area (Å²) in [6.45, 7) is 16.7. The van der Waals surface area contributed by atoms with Crippen LogP contribution in [0.3, 0.4) is 0 Å². The van der Waals surface area contributed by atoms with Gasteiger partial charge in [-0.05, 0) is 117 Å². The molecule has 9 heteroatoms. The number of hydrogen-bond acceptors (Lipinski definition) is 9. The predicted molar refractivity (Wildman–Crippen MR) is 170 cm³/mol. The van der Waals surface area contributed by atoms with Crippen LogP contribution in [0.2, 0.25) is 0 Å². The molecule has 0 bridgehead atoms. The highest BCUT2D eigenvalue weighted by Crippen LogP contribution is 2.76. The van der Waals surface area contributed by atoms with Gasteiger partial charge >= 0.3 is 0 Å². The van der Waals surface area contributed by atoms with Crippen LogP contribution in [0.5, 0.6) is 0 Å². The zero-order chi connectivity index (χ0) is 33.5. The molecular weight excluding hydrogens is 576 g/mol. The lowest BCUT2D eigenvalue weighted by atomic mass is 9.34. The number of allylic oxidation sites excluding steroid dienone is 2. The molecular formula is C36H62O9. The monoisotopic (exact) mass is 638 g/mol. The minimum Gasteiger partial charge on any atom is -0.394 e. The van der Waals surface area contributed by atoms with Crippen LogP contribution in [-0.4, -0.2) is 97.0 Å². The largest absolute Gasteiger partial charge is 0.394 e. The van der Waals surface area contributed by atoms with Gasteiger partial charge in [0.25, 0.3) is 0 Å². The fourth-order valence-electron chi connectivity index (χ4n) is 12.0. The van der Waals surface area contributed by atoms with Crippen molar-refractivity contribution in [2.24, 2.45) is 45.3 Å². The number of ether oxygens (including phenoxy) is 2. The molecule has 1 saturated heterocycles. The van der Waals surface area contributed by atoms with Crippen molar-refractivity contribution in [1.29, 1.82) is 0 Å². The van der Waals surface area contributed by atoms with Crippen molar-refractivity contribution in [1.82, 2.24) is 0 Å². The molecule has 5 aliphatic rings. The molecule has 0 aromatic carbocycles. The molecule has 16 atom stereocenters. The molecule has 9 nitrogen and oxygen atoms in total. The van der Waals surface area contributed by atoms with Gasteiger partial charge in [0, 0.05) is 0 Å². The Bertz CT molecular complexity index is 1110. The zero-order valence-electron chi connectivity index (χ0n) is 28.8. The van der Waals surface area contributed by atoms with Gasteiger partial charge in [-0.15, -0.1) is 0 Å². The van der Waals surface area contributed by atoms with Crippen molar-refractivity contribution in [2.75, 3.05) is 6.61 Å². The van der Waals surface area contributed by atoms with E-state index in [-0.39, 0.29) is 39.9 Å². The Kier molecular flexibility index (Phi) is 9.56. The van der Waals surface area contributed by atoms with E-state index >= 15 is 0 Å². The Morgan fingerprint density at radius 2 is 1.56 bits per heavy atom. The van der Waals surface area contributed by atoms with E-state index in [9.17, 15) is 35.7 Å². The fourth-order valence-corrected chi connectivity index (χ4v) is 12.0. The number of fused-ring (bicyclic) bond motifs is 5. The third-order valence-corrected chi connectivity index (χ3v) is 14.5. The Morgan fingerprint density at radius 3 is 2.18 bits per heavy atom. The quantitative estimate of drug-likeness (QED) is 0.208. The van der Waals surface area contributed by atoms with Crippen molar-refractivity contribution in [2.45, 2.75) is 161 Å². The summed E-state index contributed by atoms with van der Waals surface area (Å²) >= 11 is 0. The third-order valence-electron chi connectivity index (χ3n) is 14.5. The van der Waals surface area contributed by atoms with Gasteiger partial charge in [-0.25, -0.2) is 0 Å². The highest BCUT2D eigenvalue weighted by atomic mass is 16.7. The highest BCUT2D eigenvalue weighted by molar-refractivity contribution is 5.21. The average molecular weight is 639 g/mol. The molecule has 45 heavy (non-hydrogen) atoms. The first kappa shape index (κ1) is 35.7. The second-order valence-electron chi connectivity index (χ2n) is 17.4. The summed E-state index contributed by atoms with van der Waals surface area (Å²) in [6, 6.07) is 0. The molecule has 0 radical (unpaired) electrons. The van der Waals surface area contributed by atoms with Gasteiger partial charge in [-0.2, -0.15) is 0 Å². The summed E-state index contributed by atoms with van der Waals surface area (Å²) in [4.78, 5) is 0. The molecule has 5 fully saturated rings. The minimum absolute atomic E-state index is 0.0692. The van der Waals surface area contributed by atoms with Crippen molar-refractivity contribution in [3.05, 3.63) is 11.6 Å². The molecule has 1 heterocycles. The second kappa shape index (κ2) is 12.1. The molecule has 1 aliphatic heterocycles. The first-order valence-corrected chi connectivity index (χ1v) is 17.4. The Balaban J connectivity index is 1.51. The first-order chi connectivity index (χ1) is 20.8. The average Bonchev–Trinajstić information content (AvgIpc) is 3.33. The molecule has 0 aromatic rings. The lowest BCUT2D eigenvalue weighted by Crippen LogP contribution is -2.70. The van der Waals surface area contributed by atoms with Crippen LogP contribution in [-0.2, 0) is 9.47 Å². The number of aliphatic hydroxyl groups is 7. The van der Waals surface area contributed by atoms with Crippen LogP contribution in [0.4, 0.5) is 0 Å². The van der Waals surface area contributed by atoms with Gasteiger partial charge in [0.15, 0.2) is 6.29 Å². The van der Waals surface area contributed by atoms with Gasteiger partial charge in [0.05, 0.1) is 30.5 Å². The van der Waals surface area contributed by atoms with Crippen molar-refractivity contribution in [3.8, 4) is 0 Å². The van der Waals surface area contributed by atoms with Crippen LogP contribution in [0.15, 0.2) is 11.6 Å². The number of rotatable bonds is 7. The number of hydrogen-bond donors (Lipinski definition) is 7. The smallest absolute Gasteiger partial charge is 0.187 e. The molecule has 7 unspecified atom stereocenters. The molecule has 260 valence electrons. The molecule has 4 aliphatic carbocycles. The standard InChI is InChI=1S/C36H62O9/c1-19(2)10-9-13-36(8,45-31-29(43)28(42)27(41)23(18-37)44-31)20-11-15-34(6)26(20)21(38)16-24-33(5)14-12-25(40)32(3,4)30(33)22(39)17-35(24,34)7/h10,20-31,37-43H,9,11-18H2,1-8H3/t20?,21?,22?,23-,24?,25?,26?,27-,28+,29-,30?,31+,33+,34+,35+,36-/m0/s1. The van der Waals surface area contributed by atoms with Crippen LogP contribution >= 0.6 is 0 Å². The topological polar surface area (TPSA) is 160 Å². The molecule has 5 rings (SSSR count). The summed E-state index contributed by atoms with van der Waals surface area (Å²) in [5.41, 5.74) is -0.944. The number of aliphatic hydroxyl groups excluding tert-OH is 7. The molecule has 0 amide bonds. The van der Waals surface area contributed by atoms with E-state index in [1.54, 1.807) is 0 Å².